The summed E-state index contributed by atoms with van der Waals surface area (Å²) in [7, 11) is 0. The number of rotatable bonds is 4. The van der Waals surface area contributed by atoms with E-state index in [1.54, 1.807) is 11.3 Å². The van der Waals surface area contributed by atoms with Gasteiger partial charge in [-0.15, -0.1) is 23.7 Å². The molecule has 1 saturated heterocycles. The molecule has 1 aliphatic rings. The number of amides is 1. The van der Waals surface area contributed by atoms with Crippen molar-refractivity contribution in [1.29, 1.82) is 0 Å². The van der Waals surface area contributed by atoms with Crippen LogP contribution in [-0.2, 0) is 11.2 Å². The van der Waals surface area contributed by atoms with Crippen molar-refractivity contribution in [2.24, 2.45) is 5.92 Å². The second-order valence-corrected chi connectivity index (χ2v) is 5.39. The third-order valence-corrected chi connectivity index (χ3v) is 3.59. The lowest BCUT2D eigenvalue weighted by atomic mass is 10.0. The van der Waals surface area contributed by atoms with Gasteiger partial charge in [0.1, 0.15) is 0 Å². The van der Waals surface area contributed by atoms with Crippen LogP contribution in [0.15, 0.2) is 12.1 Å². The van der Waals surface area contributed by atoms with Gasteiger partial charge in [-0.2, -0.15) is 0 Å². The van der Waals surface area contributed by atoms with E-state index in [1.165, 1.54) is 4.88 Å². The first kappa shape index (κ1) is 13.5. The Bertz CT molecular complexity index is 350. The number of thiophene rings is 1. The fourth-order valence-corrected chi connectivity index (χ4v) is 2.44. The van der Waals surface area contributed by atoms with E-state index in [4.69, 9.17) is 0 Å². The van der Waals surface area contributed by atoms with Crippen molar-refractivity contribution >= 4 is 29.7 Å². The van der Waals surface area contributed by atoms with Gasteiger partial charge in [0.25, 0.3) is 0 Å². The minimum Gasteiger partial charge on any atom is -0.355 e. The fourth-order valence-electron chi connectivity index (χ4n) is 1.55. The van der Waals surface area contributed by atoms with Crippen LogP contribution in [0.1, 0.15) is 9.75 Å². The molecule has 90 valence electrons. The maximum Gasteiger partial charge on any atom is 0.225 e. The Balaban J connectivity index is 0.00000128. The highest BCUT2D eigenvalue weighted by molar-refractivity contribution is 7.12. The number of halogens is 1. The van der Waals surface area contributed by atoms with E-state index in [2.05, 4.69) is 23.6 Å². The van der Waals surface area contributed by atoms with Crippen molar-refractivity contribution in [3.8, 4) is 0 Å². The monoisotopic (exact) mass is 260 g/mol. The van der Waals surface area contributed by atoms with Gasteiger partial charge < -0.3 is 10.6 Å². The van der Waals surface area contributed by atoms with Crippen LogP contribution in [0, 0.1) is 12.8 Å². The molecule has 1 aromatic heterocycles. The zero-order chi connectivity index (χ0) is 10.7. The van der Waals surface area contributed by atoms with Crippen LogP contribution in [-0.4, -0.2) is 25.5 Å². The molecule has 0 atom stereocenters. The minimum atomic E-state index is 0. The molecule has 2 N–H and O–H groups in total. The highest BCUT2D eigenvalue weighted by Gasteiger charge is 2.17. The molecule has 1 amide bonds. The molecule has 0 saturated carbocycles. The van der Waals surface area contributed by atoms with E-state index in [0.29, 0.717) is 12.3 Å². The Morgan fingerprint density at radius 2 is 2.31 bits per heavy atom. The first-order chi connectivity index (χ1) is 7.24. The highest BCUT2D eigenvalue weighted by Crippen LogP contribution is 2.15. The summed E-state index contributed by atoms with van der Waals surface area (Å²) in [6, 6.07) is 4.09. The van der Waals surface area contributed by atoms with Crippen LogP contribution in [0.25, 0.3) is 0 Å². The van der Waals surface area contributed by atoms with Gasteiger partial charge in [-0.05, 0) is 19.1 Å². The summed E-state index contributed by atoms with van der Waals surface area (Å²) in [4.78, 5) is 14.0. The van der Waals surface area contributed by atoms with Crippen LogP contribution in [0.3, 0.4) is 0 Å². The summed E-state index contributed by atoms with van der Waals surface area (Å²) in [5, 5.41) is 6.16. The SMILES string of the molecule is Cc1ccc(CC(=O)NCC2CNC2)s1.Cl. The molecule has 3 nitrogen and oxygen atoms in total. The van der Waals surface area contributed by atoms with E-state index in [1.807, 2.05) is 6.07 Å². The topological polar surface area (TPSA) is 41.1 Å². The van der Waals surface area contributed by atoms with Crippen molar-refractivity contribution in [2.45, 2.75) is 13.3 Å². The molecule has 2 heterocycles. The Morgan fingerprint density at radius 1 is 1.56 bits per heavy atom. The van der Waals surface area contributed by atoms with Crippen LogP contribution in [0.5, 0.6) is 0 Å². The predicted molar refractivity (Wildman–Crippen MR) is 69.4 cm³/mol. The highest BCUT2D eigenvalue weighted by atomic mass is 35.5. The quantitative estimate of drug-likeness (QED) is 0.858. The van der Waals surface area contributed by atoms with Crippen LogP contribution in [0.2, 0.25) is 0 Å². The van der Waals surface area contributed by atoms with Gasteiger partial charge in [0.05, 0.1) is 6.42 Å². The van der Waals surface area contributed by atoms with Gasteiger partial charge in [0.15, 0.2) is 0 Å². The number of carbonyl (C=O) groups is 1. The lowest BCUT2D eigenvalue weighted by Crippen LogP contribution is -2.48. The van der Waals surface area contributed by atoms with E-state index in [0.717, 1.165) is 24.5 Å². The zero-order valence-electron chi connectivity index (χ0n) is 9.29. The van der Waals surface area contributed by atoms with Crippen LogP contribution in [0.4, 0.5) is 0 Å². The smallest absolute Gasteiger partial charge is 0.225 e. The molecule has 2 rings (SSSR count). The summed E-state index contributed by atoms with van der Waals surface area (Å²) in [6.45, 7) is 4.96. The molecule has 5 heteroatoms. The largest absolute Gasteiger partial charge is 0.355 e. The molecular formula is C11H17ClN2OS. The Kier molecular flexibility index (Phi) is 5.25. The number of hydrogen-bond acceptors (Lipinski definition) is 3. The number of aryl methyl sites for hydroxylation is 1. The van der Waals surface area contributed by atoms with E-state index in [9.17, 15) is 4.79 Å². The molecule has 0 radical (unpaired) electrons. The third-order valence-electron chi connectivity index (χ3n) is 2.58. The van der Waals surface area contributed by atoms with Gasteiger partial charge in [0.2, 0.25) is 5.91 Å². The average Bonchev–Trinajstić information content (AvgIpc) is 2.48. The summed E-state index contributed by atoms with van der Waals surface area (Å²) in [6.07, 6.45) is 0.526. The van der Waals surface area contributed by atoms with E-state index >= 15 is 0 Å². The van der Waals surface area contributed by atoms with Crippen LogP contribution < -0.4 is 10.6 Å². The van der Waals surface area contributed by atoms with Crippen molar-refractivity contribution < 1.29 is 4.79 Å². The molecule has 1 fully saturated rings. The first-order valence-electron chi connectivity index (χ1n) is 5.27. The normalized spacial score (nSPS) is 15.1. The van der Waals surface area contributed by atoms with Gasteiger partial charge in [0, 0.05) is 35.3 Å². The summed E-state index contributed by atoms with van der Waals surface area (Å²) < 4.78 is 0. The number of nitrogens with one attached hydrogen (secondary N) is 2. The molecule has 16 heavy (non-hydrogen) atoms. The standard InChI is InChI=1S/C11H16N2OS.ClH/c1-8-2-3-10(15-8)4-11(14)13-7-9-5-12-6-9;/h2-3,9,12H,4-7H2,1H3,(H,13,14);1H. The van der Waals surface area contributed by atoms with E-state index < -0.39 is 0 Å². The van der Waals surface area contributed by atoms with Crippen LogP contribution >= 0.6 is 23.7 Å². The van der Waals surface area contributed by atoms with Gasteiger partial charge in [-0.3, -0.25) is 4.79 Å². The Hall–Kier alpha value is -0.580. The summed E-state index contributed by atoms with van der Waals surface area (Å²) in [5.41, 5.74) is 0. The predicted octanol–water partition coefficient (Wildman–Crippen LogP) is 1.36. The molecule has 1 aliphatic heterocycles. The second kappa shape index (κ2) is 6.23. The van der Waals surface area contributed by atoms with E-state index in [-0.39, 0.29) is 18.3 Å². The Labute approximate surface area is 106 Å². The fraction of sp³-hybridized carbons (Fsp3) is 0.545. The number of hydrogen-bond donors (Lipinski definition) is 2. The molecular weight excluding hydrogens is 244 g/mol. The van der Waals surface area contributed by atoms with Crippen molar-refractivity contribution in [3.63, 3.8) is 0 Å². The number of carbonyl (C=O) groups excluding carboxylic acids is 1. The lowest BCUT2D eigenvalue weighted by Gasteiger charge is -2.27. The average molecular weight is 261 g/mol. The Morgan fingerprint density at radius 3 is 2.81 bits per heavy atom. The third kappa shape index (κ3) is 3.77. The molecule has 0 spiro atoms. The molecule has 1 aromatic rings. The zero-order valence-corrected chi connectivity index (χ0v) is 10.9. The molecule has 0 unspecified atom stereocenters. The molecule has 0 aliphatic carbocycles. The van der Waals surface area contributed by atoms with Gasteiger partial charge in [-0.25, -0.2) is 0 Å². The van der Waals surface area contributed by atoms with Crippen molar-refractivity contribution in [1.82, 2.24) is 10.6 Å². The molecule has 0 aromatic carbocycles. The lowest BCUT2D eigenvalue weighted by molar-refractivity contribution is -0.120. The maximum absolute atomic E-state index is 11.5. The summed E-state index contributed by atoms with van der Waals surface area (Å²) in [5.74, 6) is 0.780. The van der Waals surface area contributed by atoms with Gasteiger partial charge in [-0.1, -0.05) is 0 Å². The summed E-state index contributed by atoms with van der Waals surface area (Å²) >= 11 is 1.70. The van der Waals surface area contributed by atoms with Crippen molar-refractivity contribution in [3.05, 3.63) is 21.9 Å². The minimum absolute atomic E-state index is 0. The second-order valence-electron chi connectivity index (χ2n) is 4.02. The van der Waals surface area contributed by atoms with Crippen molar-refractivity contribution in [2.75, 3.05) is 19.6 Å². The first-order valence-corrected chi connectivity index (χ1v) is 6.08. The molecule has 0 bridgehead atoms. The van der Waals surface area contributed by atoms with Gasteiger partial charge >= 0.3 is 0 Å². The maximum atomic E-state index is 11.5.